The molecule has 242 valence electrons. The van der Waals surface area contributed by atoms with Crippen LogP contribution in [-0.4, -0.2) is 155 Å². The van der Waals surface area contributed by atoms with Gasteiger partial charge < -0.3 is 39.7 Å². The van der Waals surface area contributed by atoms with Crippen molar-refractivity contribution in [3.8, 4) is 0 Å². The van der Waals surface area contributed by atoms with Crippen molar-refractivity contribution in [2.75, 3.05) is 79.0 Å². The van der Waals surface area contributed by atoms with Crippen molar-refractivity contribution in [2.45, 2.75) is 38.6 Å². The lowest BCUT2D eigenvalue weighted by Gasteiger charge is -2.10. The topological polar surface area (TPSA) is 202 Å². The van der Waals surface area contributed by atoms with Gasteiger partial charge in [-0.2, -0.15) is 9.15 Å². The quantitative estimate of drug-likeness (QED) is 0.0528. The second kappa shape index (κ2) is 24.8. The Hall–Kier alpha value is -3.73. The van der Waals surface area contributed by atoms with Gasteiger partial charge in [0.1, 0.15) is 39.8 Å². The van der Waals surface area contributed by atoms with Crippen LogP contribution in [-0.2, 0) is 47.7 Å². The first-order valence-corrected chi connectivity index (χ1v) is 13.7. The maximum absolute atomic E-state index is 12.2. The molecular weight excluding hydrogens is 570 g/mol. The molecule has 16 nitrogen and oxygen atoms in total. The van der Waals surface area contributed by atoms with Crippen LogP contribution in [0.3, 0.4) is 0 Å². The predicted octanol–water partition coefficient (Wildman–Crippen LogP) is -1.93. The molecular formula is C27H45N5O11+2. The Labute approximate surface area is 251 Å². The minimum absolute atomic E-state index is 0.0807. The number of aliphatic imine (C=N–C) groups is 1. The Bertz CT molecular complexity index is 971. The van der Waals surface area contributed by atoms with Gasteiger partial charge >= 0.3 is 17.8 Å². The molecule has 0 saturated carbocycles. The zero-order valence-electron chi connectivity index (χ0n) is 24.9. The highest BCUT2D eigenvalue weighted by atomic mass is 16.5. The molecule has 0 aliphatic heterocycles. The molecule has 0 aliphatic carbocycles. The minimum Gasteiger partial charge on any atom is -0.481 e. The fourth-order valence-electron chi connectivity index (χ4n) is 3.22. The predicted molar refractivity (Wildman–Crippen MR) is 154 cm³/mol. The van der Waals surface area contributed by atoms with Gasteiger partial charge in [-0.15, -0.1) is 0 Å². The molecule has 4 amide bonds. The van der Waals surface area contributed by atoms with E-state index < -0.39 is 36.2 Å². The van der Waals surface area contributed by atoms with Gasteiger partial charge in [0, 0.05) is 26.4 Å². The Morgan fingerprint density at radius 1 is 0.814 bits per heavy atom. The fourth-order valence-corrected chi connectivity index (χ4v) is 3.22. The summed E-state index contributed by atoms with van der Waals surface area (Å²) in [6, 6.07) is -0.998. The number of nitrogens with one attached hydrogen (secondary N) is 2. The first-order valence-electron chi connectivity index (χ1n) is 13.7. The van der Waals surface area contributed by atoms with Crippen molar-refractivity contribution in [2.24, 2.45) is 4.99 Å². The standard InChI is InChI=1S/C27H43N5O11/c1-21(33)22(7-8-27(38)39)32(4)26(37)18-30-24(35)20-43-16-14-40-12-10-29-23(34)19-42-17-15-41-13-11-31(3)25(36)6-5-9-28-2/h22H,2-20H2,1H3,(H-2,29,30,34,35,38,39)/p+2. The number of ketones is 1. The first kappa shape index (κ1) is 39.3. The van der Waals surface area contributed by atoms with Crippen LogP contribution < -0.4 is 10.6 Å². The maximum Gasteiger partial charge on any atom is 0.406 e. The van der Waals surface area contributed by atoms with Gasteiger partial charge in [-0.1, -0.05) is 0 Å². The summed E-state index contributed by atoms with van der Waals surface area (Å²) in [6.07, 6.45) is 0.597. The average Bonchev–Trinajstić information content (AvgIpc) is 2.96. The number of carbonyl (C=O) groups is 6. The Morgan fingerprint density at radius 2 is 1.40 bits per heavy atom. The van der Waals surface area contributed by atoms with Crippen molar-refractivity contribution >= 4 is 55.5 Å². The fraction of sp³-hybridized carbons (Fsp3) is 0.667. The van der Waals surface area contributed by atoms with Crippen LogP contribution in [0.2, 0.25) is 0 Å². The van der Waals surface area contributed by atoms with Crippen LogP contribution in [0.25, 0.3) is 0 Å². The van der Waals surface area contributed by atoms with Gasteiger partial charge in [-0.3, -0.25) is 19.2 Å². The second-order valence-electron chi connectivity index (χ2n) is 9.09. The summed E-state index contributed by atoms with van der Waals surface area (Å²) >= 11 is 0. The number of Topliss-reactive ketones (excluding diaryl/α,β-unsaturated/α-hetero) is 1. The third-order valence-electron chi connectivity index (χ3n) is 5.58. The summed E-state index contributed by atoms with van der Waals surface area (Å²) in [6.45, 7) is 13.2. The molecule has 3 N–H and O–H groups in total. The summed E-state index contributed by atoms with van der Waals surface area (Å²) in [5.74, 6) is -3.15. The Balaban J connectivity index is 3.74. The molecule has 0 spiro atoms. The van der Waals surface area contributed by atoms with Crippen LogP contribution in [0.5, 0.6) is 0 Å². The average molecular weight is 616 g/mol. The van der Waals surface area contributed by atoms with Crippen LogP contribution >= 0.6 is 0 Å². The third kappa shape index (κ3) is 21.6. The number of carboxylic acid groups (broad SMARTS) is 1. The van der Waals surface area contributed by atoms with E-state index in [1.165, 1.54) is 11.5 Å². The SMILES string of the molecule is C=NCCCC(=O)[N+](=C)CCOCCOCC(=O)NCCOCCOCC(=O)NCC(=O)[N+](=C)C(CCC(=O)O)C(C)=O. The second-order valence-corrected chi connectivity index (χ2v) is 9.09. The molecule has 0 aromatic rings. The molecule has 0 heterocycles. The number of ether oxygens (including phenoxy) is 4. The van der Waals surface area contributed by atoms with Gasteiger partial charge in [0.15, 0.2) is 12.3 Å². The number of hydrogen-bond acceptors (Lipinski definition) is 11. The molecule has 0 aromatic carbocycles. The van der Waals surface area contributed by atoms with Gasteiger partial charge in [-0.05, 0) is 13.1 Å². The lowest BCUT2D eigenvalue weighted by atomic mass is 10.1. The summed E-state index contributed by atoms with van der Waals surface area (Å²) in [5.41, 5.74) is 0. The van der Waals surface area contributed by atoms with Crippen molar-refractivity contribution in [3.05, 3.63) is 0 Å². The number of hydrogen-bond donors (Lipinski definition) is 3. The highest BCUT2D eigenvalue weighted by Gasteiger charge is 2.30. The van der Waals surface area contributed by atoms with E-state index in [-0.39, 0.29) is 77.4 Å². The van der Waals surface area contributed by atoms with E-state index in [1.807, 2.05) is 0 Å². The number of amides is 4. The lowest BCUT2D eigenvalue weighted by Crippen LogP contribution is -2.42. The molecule has 0 aromatic heterocycles. The van der Waals surface area contributed by atoms with Crippen LogP contribution in [0.1, 0.15) is 32.6 Å². The monoisotopic (exact) mass is 615 g/mol. The van der Waals surface area contributed by atoms with Crippen molar-refractivity contribution in [1.29, 1.82) is 0 Å². The Kier molecular flexibility index (Phi) is 22.7. The summed E-state index contributed by atoms with van der Waals surface area (Å²) in [7, 11) is 0. The maximum atomic E-state index is 12.2. The number of aliphatic carboxylic acids is 1. The van der Waals surface area contributed by atoms with E-state index in [4.69, 9.17) is 24.1 Å². The van der Waals surface area contributed by atoms with E-state index in [1.54, 1.807) is 0 Å². The highest BCUT2D eigenvalue weighted by molar-refractivity contribution is 5.86. The highest BCUT2D eigenvalue weighted by Crippen LogP contribution is 2.04. The van der Waals surface area contributed by atoms with Crippen LogP contribution in [0.15, 0.2) is 4.99 Å². The first-order chi connectivity index (χ1) is 20.5. The minimum atomic E-state index is -1.10. The van der Waals surface area contributed by atoms with E-state index in [0.717, 1.165) is 4.58 Å². The number of carboxylic acids is 1. The van der Waals surface area contributed by atoms with Gasteiger partial charge in [0.2, 0.25) is 17.9 Å². The number of nitrogens with zero attached hydrogens (tertiary/aromatic N) is 3. The van der Waals surface area contributed by atoms with E-state index in [9.17, 15) is 28.8 Å². The molecule has 1 unspecified atom stereocenters. The summed E-state index contributed by atoms with van der Waals surface area (Å²) in [4.78, 5) is 73.7. The van der Waals surface area contributed by atoms with Gasteiger partial charge in [-0.25, -0.2) is 9.59 Å². The van der Waals surface area contributed by atoms with Gasteiger partial charge in [0.05, 0.1) is 45.9 Å². The molecule has 0 rings (SSSR count). The van der Waals surface area contributed by atoms with Crippen LogP contribution in [0.4, 0.5) is 0 Å². The molecule has 0 saturated heterocycles. The molecule has 1 atom stereocenters. The largest absolute Gasteiger partial charge is 0.481 e. The molecule has 0 fully saturated rings. The molecule has 43 heavy (non-hydrogen) atoms. The van der Waals surface area contributed by atoms with Crippen molar-refractivity contribution in [3.63, 3.8) is 0 Å². The number of rotatable bonds is 27. The molecule has 0 bridgehead atoms. The van der Waals surface area contributed by atoms with Gasteiger partial charge in [0.25, 0.3) is 0 Å². The molecule has 16 heteroatoms. The summed E-state index contributed by atoms with van der Waals surface area (Å²) < 4.78 is 23.3. The molecule has 0 aliphatic rings. The van der Waals surface area contributed by atoms with Crippen molar-refractivity contribution < 1.29 is 62.0 Å². The third-order valence-corrected chi connectivity index (χ3v) is 5.58. The van der Waals surface area contributed by atoms with Crippen molar-refractivity contribution in [1.82, 2.24) is 10.6 Å². The van der Waals surface area contributed by atoms with E-state index in [2.05, 4.69) is 35.8 Å². The van der Waals surface area contributed by atoms with E-state index in [0.29, 0.717) is 32.5 Å². The number of carbonyl (C=O) groups excluding carboxylic acids is 5. The zero-order valence-corrected chi connectivity index (χ0v) is 24.9. The molecule has 0 radical (unpaired) electrons. The lowest BCUT2D eigenvalue weighted by molar-refractivity contribution is -0.467. The Morgan fingerprint density at radius 3 is 1.98 bits per heavy atom. The van der Waals surface area contributed by atoms with Crippen LogP contribution in [0, 0.1) is 0 Å². The normalized spacial score (nSPS) is 11.3. The van der Waals surface area contributed by atoms with E-state index >= 15 is 0 Å². The summed E-state index contributed by atoms with van der Waals surface area (Å²) in [5, 5.41) is 13.7. The zero-order chi connectivity index (χ0) is 32.5. The smallest absolute Gasteiger partial charge is 0.406 e.